The molecule has 0 aliphatic heterocycles. The Bertz CT molecular complexity index is 322. The van der Waals surface area contributed by atoms with Crippen molar-refractivity contribution in [2.75, 3.05) is 5.32 Å². The lowest BCUT2D eigenvalue weighted by atomic mass is 10.5. The minimum absolute atomic E-state index is 0.217. The lowest BCUT2D eigenvalue weighted by Crippen LogP contribution is -2.09. The lowest BCUT2D eigenvalue weighted by molar-refractivity contribution is -0.111. The van der Waals surface area contributed by atoms with Crippen molar-refractivity contribution in [2.24, 2.45) is 0 Å². The zero-order valence-electron chi connectivity index (χ0n) is 6.59. The molecule has 0 saturated heterocycles. The van der Waals surface area contributed by atoms with Gasteiger partial charge in [0.2, 0.25) is 5.95 Å². The molecule has 0 bridgehead atoms. The number of nitrogens with zero attached hydrogens (tertiary/aromatic N) is 2. The quantitative estimate of drug-likeness (QED) is 0.601. The number of carbonyl (C=O) groups excluding carboxylic acids is 1. The summed E-state index contributed by atoms with van der Waals surface area (Å²) in [5.41, 5.74) is 0. The standard InChI is InChI=1S/C7H8N4O/c1-3-5-8-7(11-10-5)9-6(12)4-2/h2H,3H2,1H3,(H2,8,9,10,11,12). The first-order valence-electron chi connectivity index (χ1n) is 3.45. The number of rotatable bonds is 2. The van der Waals surface area contributed by atoms with Gasteiger partial charge in [-0.25, -0.2) is 0 Å². The molecule has 1 aromatic heterocycles. The third kappa shape index (κ3) is 1.83. The molecule has 62 valence electrons. The summed E-state index contributed by atoms with van der Waals surface area (Å²) in [6.45, 7) is 1.92. The van der Waals surface area contributed by atoms with Gasteiger partial charge in [-0.05, 0) is 5.92 Å². The third-order valence-electron chi connectivity index (χ3n) is 1.22. The molecular weight excluding hydrogens is 156 g/mol. The Morgan fingerprint density at radius 2 is 2.58 bits per heavy atom. The van der Waals surface area contributed by atoms with Crippen LogP contribution < -0.4 is 5.32 Å². The maximum absolute atomic E-state index is 10.6. The highest BCUT2D eigenvalue weighted by molar-refractivity contribution is 6.02. The fourth-order valence-electron chi connectivity index (χ4n) is 0.647. The predicted molar refractivity (Wildman–Crippen MR) is 43.2 cm³/mol. The van der Waals surface area contributed by atoms with E-state index in [9.17, 15) is 4.79 Å². The van der Waals surface area contributed by atoms with E-state index in [1.54, 1.807) is 0 Å². The maximum Gasteiger partial charge on any atom is 0.302 e. The molecule has 0 spiro atoms. The summed E-state index contributed by atoms with van der Waals surface area (Å²) in [6, 6.07) is 0. The van der Waals surface area contributed by atoms with Gasteiger partial charge in [0.15, 0.2) is 0 Å². The molecule has 0 saturated carbocycles. The molecule has 1 rings (SSSR count). The summed E-state index contributed by atoms with van der Waals surface area (Å²) in [5, 5.41) is 8.67. The third-order valence-corrected chi connectivity index (χ3v) is 1.22. The highest BCUT2D eigenvalue weighted by Crippen LogP contribution is 1.97. The second-order valence-corrected chi connectivity index (χ2v) is 2.06. The van der Waals surface area contributed by atoms with Crippen molar-refractivity contribution in [1.29, 1.82) is 0 Å². The molecule has 0 radical (unpaired) electrons. The number of carbonyl (C=O) groups is 1. The molecule has 0 fully saturated rings. The highest BCUT2D eigenvalue weighted by Gasteiger charge is 2.02. The van der Waals surface area contributed by atoms with Crippen LogP contribution in [-0.4, -0.2) is 21.1 Å². The molecule has 5 nitrogen and oxygen atoms in total. The minimum atomic E-state index is -0.545. The first-order chi connectivity index (χ1) is 5.76. The fraction of sp³-hybridized carbons (Fsp3) is 0.286. The molecule has 0 aromatic carbocycles. The predicted octanol–water partition coefficient (Wildman–Crippen LogP) is -0.0612. The number of H-pyrrole nitrogens is 1. The summed E-state index contributed by atoms with van der Waals surface area (Å²) >= 11 is 0. The number of hydrogen-bond acceptors (Lipinski definition) is 3. The topological polar surface area (TPSA) is 70.7 Å². The van der Waals surface area contributed by atoms with Crippen LogP contribution in [0.2, 0.25) is 0 Å². The zero-order valence-corrected chi connectivity index (χ0v) is 6.59. The number of hydrogen-bond donors (Lipinski definition) is 2. The van der Waals surface area contributed by atoms with Gasteiger partial charge in [0.1, 0.15) is 5.82 Å². The Balaban J connectivity index is 2.65. The molecule has 0 atom stereocenters. The van der Waals surface area contributed by atoms with Crippen molar-refractivity contribution < 1.29 is 4.79 Å². The van der Waals surface area contributed by atoms with Crippen LogP contribution in [0, 0.1) is 12.3 Å². The van der Waals surface area contributed by atoms with E-state index in [-0.39, 0.29) is 5.95 Å². The number of terminal acetylenes is 1. The normalized spacial score (nSPS) is 9.00. The van der Waals surface area contributed by atoms with Gasteiger partial charge < -0.3 is 0 Å². The first kappa shape index (κ1) is 8.27. The van der Waals surface area contributed by atoms with E-state index in [1.807, 2.05) is 12.8 Å². The van der Waals surface area contributed by atoms with Crippen LogP contribution in [0.15, 0.2) is 0 Å². The summed E-state index contributed by atoms with van der Waals surface area (Å²) in [6.07, 6.45) is 5.57. The number of amides is 1. The zero-order chi connectivity index (χ0) is 8.97. The van der Waals surface area contributed by atoms with E-state index in [2.05, 4.69) is 20.5 Å². The lowest BCUT2D eigenvalue weighted by Gasteiger charge is -1.89. The number of aromatic nitrogens is 3. The monoisotopic (exact) mass is 164 g/mol. The van der Waals surface area contributed by atoms with Crippen molar-refractivity contribution >= 4 is 11.9 Å². The number of nitrogens with one attached hydrogen (secondary N) is 2. The average molecular weight is 164 g/mol. The van der Waals surface area contributed by atoms with Gasteiger partial charge in [0.05, 0.1) is 0 Å². The van der Waals surface area contributed by atoms with Crippen molar-refractivity contribution in [1.82, 2.24) is 15.2 Å². The number of aryl methyl sites for hydroxylation is 1. The number of anilines is 1. The fourth-order valence-corrected chi connectivity index (χ4v) is 0.647. The van der Waals surface area contributed by atoms with Gasteiger partial charge in [-0.3, -0.25) is 15.2 Å². The molecule has 1 heterocycles. The van der Waals surface area contributed by atoms with E-state index in [4.69, 9.17) is 6.42 Å². The first-order valence-corrected chi connectivity index (χ1v) is 3.45. The van der Waals surface area contributed by atoms with Crippen molar-refractivity contribution in [2.45, 2.75) is 13.3 Å². The number of aromatic amines is 1. The van der Waals surface area contributed by atoms with E-state index >= 15 is 0 Å². The Kier molecular flexibility index (Phi) is 2.43. The second kappa shape index (κ2) is 3.53. The second-order valence-electron chi connectivity index (χ2n) is 2.06. The van der Waals surface area contributed by atoms with Crippen molar-refractivity contribution in [3.8, 4) is 12.3 Å². The van der Waals surface area contributed by atoms with Crippen LogP contribution in [0.25, 0.3) is 0 Å². The van der Waals surface area contributed by atoms with E-state index in [1.165, 1.54) is 0 Å². The molecule has 0 aliphatic rings. The van der Waals surface area contributed by atoms with Crippen LogP contribution in [0.5, 0.6) is 0 Å². The van der Waals surface area contributed by atoms with Crippen LogP contribution >= 0.6 is 0 Å². The molecule has 1 aromatic rings. The van der Waals surface area contributed by atoms with Gasteiger partial charge in [0, 0.05) is 6.42 Å². The summed E-state index contributed by atoms with van der Waals surface area (Å²) < 4.78 is 0. The molecule has 0 aliphatic carbocycles. The maximum atomic E-state index is 10.6. The summed E-state index contributed by atoms with van der Waals surface area (Å²) in [7, 11) is 0. The molecule has 12 heavy (non-hydrogen) atoms. The summed E-state index contributed by atoms with van der Waals surface area (Å²) in [5.74, 6) is 2.28. The largest absolute Gasteiger partial charge is 0.302 e. The van der Waals surface area contributed by atoms with Crippen molar-refractivity contribution in [3.63, 3.8) is 0 Å². The van der Waals surface area contributed by atoms with Crippen LogP contribution in [0.4, 0.5) is 5.95 Å². The minimum Gasteiger partial charge on any atom is -0.282 e. The Hall–Kier alpha value is -1.83. The van der Waals surface area contributed by atoms with Gasteiger partial charge in [0.25, 0.3) is 0 Å². The SMILES string of the molecule is C#CC(=O)Nc1n[nH]c(CC)n1. The Morgan fingerprint density at radius 3 is 3.08 bits per heavy atom. The van der Waals surface area contributed by atoms with Gasteiger partial charge in [-0.15, -0.1) is 11.5 Å². The smallest absolute Gasteiger partial charge is 0.282 e. The molecule has 1 amide bonds. The molecule has 0 unspecified atom stereocenters. The van der Waals surface area contributed by atoms with Crippen LogP contribution in [-0.2, 0) is 11.2 Å². The van der Waals surface area contributed by atoms with E-state index in [0.29, 0.717) is 5.82 Å². The Morgan fingerprint density at radius 1 is 1.83 bits per heavy atom. The van der Waals surface area contributed by atoms with E-state index < -0.39 is 5.91 Å². The Labute approximate surface area is 69.6 Å². The van der Waals surface area contributed by atoms with Gasteiger partial charge in [-0.2, -0.15) is 4.98 Å². The van der Waals surface area contributed by atoms with E-state index in [0.717, 1.165) is 6.42 Å². The van der Waals surface area contributed by atoms with Gasteiger partial charge >= 0.3 is 5.91 Å². The molecular formula is C7H8N4O. The summed E-state index contributed by atoms with van der Waals surface area (Å²) in [4.78, 5) is 14.6. The molecule has 2 N–H and O–H groups in total. The molecule has 5 heteroatoms. The van der Waals surface area contributed by atoms with Crippen LogP contribution in [0.1, 0.15) is 12.7 Å². The van der Waals surface area contributed by atoms with Crippen LogP contribution in [0.3, 0.4) is 0 Å². The average Bonchev–Trinajstić information content (AvgIpc) is 2.52. The van der Waals surface area contributed by atoms with Crippen molar-refractivity contribution in [3.05, 3.63) is 5.82 Å². The van der Waals surface area contributed by atoms with Gasteiger partial charge in [-0.1, -0.05) is 6.92 Å². The highest BCUT2D eigenvalue weighted by atomic mass is 16.1.